The van der Waals surface area contributed by atoms with Gasteiger partial charge in [-0.2, -0.15) is 0 Å². The third-order valence-corrected chi connectivity index (χ3v) is 7.60. The molecular formula is C36H55FN4O3. The van der Waals surface area contributed by atoms with Gasteiger partial charge < -0.3 is 30.8 Å². The highest BCUT2D eigenvalue weighted by molar-refractivity contribution is 5.81. The number of benzene rings is 2. The van der Waals surface area contributed by atoms with E-state index in [2.05, 4.69) is 47.3 Å². The smallest absolute Gasteiger partial charge is 0.237 e. The molecule has 2 aromatic rings. The van der Waals surface area contributed by atoms with E-state index in [1.165, 1.54) is 25.0 Å². The van der Waals surface area contributed by atoms with Gasteiger partial charge in [0.05, 0.1) is 12.1 Å². The number of hydrogen-bond donors (Lipinski definition) is 4. The molecule has 3 rings (SSSR count). The Morgan fingerprint density at radius 2 is 1.86 bits per heavy atom. The molecule has 0 aromatic heterocycles. The topological polar surface area (TPSA) is 91.5 Å². The average Bonchev–Trinajstić information content (AvgIpc) is 3.82. The normalized spacial score (nSPS) is 15.0. The zero-order chi connectivity index (χ0) is 32.3. The van der Waals surface area contributed by atoms with Crippen molar-refractivity contribution in [2.75, 3.05) is 33.3 Å². The summed E-state index contributed by atoms with van der Waals surface area (Å²) in [5.41, 5.74) is 3.16. The molecule has 0 bridgehead atoms. The Balaban J connectivity index is 0.000000727. The second-order valence-corrected chi connectivity index (χ2v) is 12.2. The lowest BCUT2D eigenvalue weighted by atomic mass is 10.00. The van der Waals surface area contributed by atoms with Gasteiger partial charge in [0, 0.05) is 25.3 Å². The number of ether oxygens (including phenoxy) is 1. The number of rotatable bonds is 19. The van der Waals surface area contributed by atoms with Crippen LogP contribution in [0.5, 0.6) is 5.75 Å². The number of aryl methyl sites for hydroxylation is 1. The van der Waals surface area contributed by atoms with E-state index in [1.54, 1.807) is 6.07 Å². The van der Waals surface area contributed by atoms with E-state index in [1.807, 2.05) is 52.1 Å². The summed E-state index contributed by atoms with van der Waals surface area (Å²) in [6.45, 7) is 12.8. The van der Waals surface area contributed by atoms with Crippen molar-refractivity contribution in [1.29, 1.82) is 0 Å². The maximum atomic E-state index is 12.5. The average molecular weight is 611 g/mol. The van der Waals surface area contributed by atoms with Crippen LogP contribution in [0.25, 0.3) is 0 Å². The lowest BCUT2D eigenvalue weighted by Gasteiger charge is -2.21. The summed E-state index contributed by atoms with van der Waals surface area (Å²) in [6, 6.07) is 14.4. The summed E-state index contributed by atoms with van der Waals surface area (Å²) in [5.74, 6) is 2.09. The van der Waals surface area contributed by atoms with Crippen molar-refractivity contribution in [2.24, 2.45) is 17.8 Å². The van der Waals surface area contributed by atoms with Crippen LogP contribution in [0.3, 0.4) is 0 Å². The molecule has 1 fully saturated rings. The largest absolute Gasteiger partial charge is 0.492 e. The molecule has 0 heterocycles. The van der Waals surface area contributed by atoms with Crippen molar-refractivity contribution in [3.8, 4) is 5.75 Å². The summed E-state index contributed by atoms with van der Waals surface area (Å²) in [7, 11) is 1.86. The van der Waals surface area contributed by atoms with Crippen LogP contribution in [0, 0.1) is 30.5 Å². The Morgan fingerprint density at radius 3 is 2.45 bits per heavy atom. The van der Waals surface area contributed by atoms with Gasteiger partial charge >= 0.3 is 0 Å². The number of likely N-dealkylation sites (N-methyl/N-ethyl adjacent to an activating group) is 1. The van der Waals surface area contributed by atoms with Gasteiger partial charge in [-0.05, 0) is 80.3 Å². The number of carbonyl (C=O) groups is 2. The number of halogens is 1. The molecule has 0 spiro atoms. The Kier molecular flexibility index (Phi) is 17.4. The molecule has 1 saturated carbocycles. The van der Waals surface area contributed by atoms with Crippen molar-refractivity contribution in [2.45, 2.75) is 78.8 Å². The van der Waals surface area contributed by atoms with Crippen molar-refractivity contribution in [1.82, 2.24) is 21.3 Å². The van der Waals surface area contributed by atoms with E-state index in [9.17, 15) is 14.0 Å². The molecule has 1 amide bonds. The van der Waals surface area contributed by atoms with Gasteiger partial charge in [-0.15, -0.1) is 0 Å². The highest BCUT2D eigenvalue weighted by Crippen LogP contribution is 2.33. The van der Waals surface area contributed by atoms with Crippen LogP contribution in [0.1, 0.15) is 64.5 Å². The standard InChI is InChI=1S/C29H48N4O3.C7H7F/c1-6-9-25(33-27(20-34)21(2)3)19-31-14-15-36-28-11-8-7-10-24(28)16-22(4)18-32-29(35)26(30-5)17-23-12-13-23;1-6-3-2-4-7(8)5-6/h7-11,20-23,26-27,30-31,33H,6,12-19H2,1-5H3,(H,32,35);2-5H,1H3/t22-,26?,27?;/m1./s1. The number of amides is 1. The number of hydrogen-bond acceptors (Lipinski definition) is 6. The Bertz CT molecular complexity index is 1130. The zero-order valence-corrected chi connectivity index (χ0v) is 27.6. The quantitative estimate of drug-likeness (QED) is 0.123. The third-order valence-electron chi connectivity index (χ3n) is 7.60. The molecule has 0 aliphatic heterocycles. The maximum Gasteiger partial charge on any atom is 0.237 e. The van der Waals surface area contributed by atoms with Gasteiger partial charge in [0.2, 0.25) is 5.91 Å². The molecular weight excluding hydrogens is 555 g/mol. The molecule has 4 N–H and O–H groups in total. The van der Waals surface area contributed by atoms with Crippen molar-refractivity contribution in [3.05, 3.63) is 77.2 Å². The first kappa shape index (κ1) is 37.0. The van der Waals surface area contributed by atoms with Gasteiger partial charge in [0.1, 0.15) is 24.5 Å². The maximum absolute atomic E-state index is 12.5. The number of carbonyl (C=O) groups excluding carboxylic acids is 2. The van der Waals surface area contributed by atoms with E-state index >= 15 is 0 Å². The van der Waals surface area contributed by atoms with Gasteiger partial charge in [-0.1, -0.05) is 76.9 Å². The first-order valence-electron chi connectivity index (χ1n) is 16.2. The molecule has 1 aliphatic carbocycles. The summed E-state index contributed by atoms with van der Waals surface area (Å²) in [4.78, 5) is 23.9. The third kappa shape index (κ3) is 15.0. The first-order valence-corrected chi connectivity index (χ1v) is 16.2. The number of aldehydes is 1. The SMILES string of the molecule is CCC=C(CNCCOc1ccccc1C[C@@H](C)CNC(=O)C(CC1CC1)NC)NC(C=O)C(C)C.Cc1cccc(F)c1. The van der Waals surface area contributed by atoms with Crippen LogP contribution in [-0.4, -0.2) is 57.6 Å². The summed E-state index contributed by atoms with van der Waals surface area (Å²) in [5, 5.41) is 13.0. The molecule has 3 atom stereocenters. The molecule has 44 heavy (non-hydrogen) atoms. The van der Waals surface area contributed by atoms with Crippen LogP contribution in [0.15, 0.2) is 60.3 Å². The van der Waals surface area contributed by atoms with Crippen molar-refractivity contribution >= 4 is 12.2 Å². The Labute approximate surface area is 264 Å². The summed E-state index contributed by atoms with van der Waals surface area (Å²) < 4.78 is 18.3. The first-order chi connectivity index (χ1) is 21.2. The monoisotopic (exact) mass is 610 g/mol. The van der Waals surface area contributed by atoms with Gasteiger partial charge in [-0.3, -0.25) is 4.79 Å². The molecule has 2 aromatic carbocycles. The van der Waals surface area contributed by atoms with E-state index in [0.717, 1.165) is 48.1 Å². The Morgan fingerprint density at radius 1 is 1.11 bits per heavy atom. The van der Waals surface area contributed by atoms with Crippen LogP contribution in [0.4, 0.5) is 4.39 Å². The second kappa shape index (κ2) is 20.7. The lowest BCUT2D eigenvalue weighted by Crippen LogP contribution is -2.44. The minimum atomic E-state index is -0.179. The summed E-state index contributed by atoms with van der Waals surface area (Å²) >= 11 is 0. The fourth-order valence-electron chi connectivity index (χ4n) is 4.76. The minimum absolute atomic E-state index is 0.0922. The van der Waals surface area contributed by atoms with Crippen molar-refractivity contribution < 1.29 is 18.7 Å². The van der Waals surface area contributed by atoms with E-state index < -0.39 is 0 Å². The highest BCUT2D eigenvalue weighted by atomic mass is 19.1. The van der Waals surface area contributed by atoms with E-state index in [4.69, 9.17) is 4.74 Å². The molecule has 0 saturated heterocycles. The van der Waals surface area contributed by atoms with Gasteiger partial charge in [-0.25, -0.2) is 4.39 Å². The lowest BCUT2D eigenvalue weighted by molar-refractivity contribution is -0.123. The summed E-state index contributed by atoms with van der Waals surface area (Å²) in [6.07, 6.45) is 8.28. The Hall–Kier alpha value is -3.23. The zero-order valence-electron chi connectivity index (χ0n) is 27.6. The van der Waals surface area contributed by atoms with Crippen LogP contribution < -0.4 is 26.0 Å². The highest BCUT2D eigenvalue weighted by Gasteiger charge is 2.28. The van der Waals surface area contributed by atoms with Crippen LogP contribution in [-0.2, 0) is 16.0 Å². The molecule has 0 radical (unpaired) electrons. The predicted octanol–water partition coefficient (Wildman–Crippen LogP) is 5.58. The molecule has 7 nitrogen and oxygen atoms in total. The molecule has 1 aliphatic rings. The van der Waals surface area contributed by atoms with Crippen LogP contribution in [0.2, 0.25) is 0 Å². The van der Waals surface area contributed by atoms with Gasteiger partial charge in [0.25, 0.3) is 0 Å². The van der Waals surface area contributed by atoms with Crippen LogP contribution >= 0.6 is 0 Å². The predicted molar refractivity (Wildman–Crippen MR) is 178 cm³/mol. The number of para-hydroxylation sites is 1. The van der Waals surface area contributed by atoms with Crippen molar-refractivity contribution in [3.63, 3.8) is 0 Å². The molecule has 8 heteroatoms. The fraction of sp³-hybridized carbons (Fsp3) is 0.556. The van der Waals surface area contributed by atoms with E-state index in [-0.39, 0.29) is 29.7 Å². The molecule has 2 unspecified atom stereocenters. The van der Waals surface area contributed by atoms with Gasteiger partial charge in [0.15, 0.2) is 0 Å². The molecule has 244 valence electrons. The minimum Gasteiger partial charge on any atom is -0.492 e. The number of allylic oxidation sites excluding steroid dienone is 1. The number of nitrogens with one attached hydrogen (secondary N) is 4. The van der Waals surface area contributed by atoms with E-state index in [0.29, 0.717) is 38.1 Å². The fourth-order valence-corrected chi connectivity index (χ4v) is 4.76. The second-order valence-electron chi connectivity index (χ2n) is 12.2.